The summed E-state index contributed by atoms with van der Waals surface area (Å²) in [6.07, 6.45) is 5.79. The Balaban J connectivity index is 1.40. The molecule has 0 aliphatic heterocycles. The molecule has 3 N–H and O–H groups in total. The second-order valence-electron chi connectivity index (χ2n) is 10.4. The Morgan fingerprint density at radius 3 is 2.33 bits per heavy atom. The third kappa shape index (κ3) is 7.23. The Hall–Kier alpha value is -4.05. The first-order chi connectivity index (χ1) is 20.2. The number of anilines is 1. The molecule has 0 bridgehead atoms. The van der Waals surface area contributed by atoms with Gasteiger partial charge in [-0.2, -0.15) is 0 Å². The van der Waals surface area contributed by atoms with Gasteiger partial charge in [-0.1, -0.05) is 38.1 Å². The van der Waals surface area contributed by atoms with Crippen LogP contribution in [0.1, 0.15) is 73.9 Å². The molecule has 1 heterocycles. The number of carbonyl (C=O) groups is 2. The monoisotopic (exact) mass is 581 g/mol. The molecule has 1 fully saturated rings. The second-order valence-corrected chi connectivity index (χ2v) is 10.4. The average molecular weight is 582 g/mol. The number of esters is 1. The number of carbonyl (C=O) groups excluding carboxylic acids is 2. The molecule has 42 heavy (non-hydrogen) atoms. The molecule has 1 aliphatic carbocycles. The van der Waals surface area contributed by atoms with Crippen molar-refractivity contribution in [3.05, 3.63) is 87.2 Å². The van der Waals surface area contributed by atoms with Crippen LogP contribution in [0.15, 0.2) is 53.3 Å². The van der Waals surface area contributed by atoms with Crippen molar-refractivity contribution >= 4 is 17.6 Å². The summed E-state index contributed by atoms with van der Waals surface area (Å²) in [6.45, 7) is 4.45. The fraction of sp³-hybridized carbons (Fsp3) is 0.406. The molecule has 0 saturated heterocycles. The standard InChI is InChI=1S/C32H37F2N3O5/c1-3-20-10-12-21(13-11-20)30(39)24-14-15-28(38)37(31(24)35)29-25(33)18-23(19-26(29)34)41-17-7-16-36-27(4-2)32(40)42-22-8-5-6-9-22/h10-15,18-19,22,27,36H,3-9,16-17,35H2,1-2H3/t27-/m0/s1. The van der Waals surface area contributed by atoms with E-state index in [1.807, 2.05) is 13.8 Å². The third-order valence-electron chi connectivity index (χ3n) is 7.47. The molecule has 1 aliphatic rings. The maximum Gasteiger partial charge on any atom is 0.323 e. The lowest BCUT2D eigenvalue weighted by molar-refractivity contribution is -0.151. The van der Waals surface area contributed by atoms with Gasteiger partial charge in [-0.15, -0.1) is 0 Å². The number of halogens is 2. The molecule has 0 spiro atoms. The number of aromatic nitrogens is 1. The number of rotatable bonds is 13. The minimum atomic E-state index is -1.07. The van der Waals surface area contributed by atoms with E-state index >= 15 is 8.78 Å². The van der Waals surface area contributed by atoms with Crippen LogP contribution in [0.4, 0.5) is 14.6 Å². The molecule has 0 unspecified atom stereocenters. The topological polar surface area (TPSA) is 113 Å². The van der Waals surface area contributed by atoms with Gasteiger partial charge in [0.25, 0.3) is 5.56 Å². The Kier molecular flexibility index (Phi) is 10.5. The highest BCUT2D eigenvalue weighted by Gasteiger charge is 2.24. The first-order valence-electron chi connectivity index (χ1n) is 14.4. The van der Waals surface area contributed by atoms with E-state index < -0.39 is 34.7 Å². The first-order valence-corrected chi connectivity index (χ1v) is 14.4. The molecule has 0 amide bonds. The zero-order valence-electron chi connectivity index (χ0n) is 24.0. The fourth-order valence-electron chi connectivity index (χ4n) is 5.05. The zero-order chi connectivity index (χ0) is 30.2. The minimum Gasteiger partial charge on any atom is -0.493 e. The lowest BCUT2D eigenvalue weighted by atomic mass is 10.0. The SMILES string of the molecule is CCc1ccc(C(=O)c2ccc(=O)n(-c3c(F)cc(OCCCN[C@@H](CC)C(=O)OC4CCCC4)cc3F)c2N)cc1. The summed E-state index contributed by atoms with van der Waals surface area (Å²) in [5, 5.41) is 3.14. The van der Waals surface area contributed by atoms with Crippen molar-refractivity contribution in [3.8, 4) is 11.4 Å². The maximum absolute atomic E-state index is 15.2. The number of nitrogens with two attached hydrogens (primary N) is 1. The summed E-state index contributed by atoms with van der Waals surface area (Å²) < 4.78 is 42.1. The summed E-state index contributed by atoms with van der Waals surface area (Å²) in [6, 6.07) is 10.7. The number of ketones is 1. The predicted molar refractivity (Wildman–Crippen MR) is 156 cm³/mol. The van der Waals surface area contributed by atoms with E-state index in [4.69, 9.17) is 15.2 Å². The summed E-state index contributed by atoms with van der Waals surface area (Å²) in [5.74, 6) is -3.34. The van der Waals surface area contributed by atoms with Gasteiger partial charge in [0.15, 0.2) is 17.4 Å². The van der Waals surface area contributed by atoms with Gasteiger partial charge >= 0.3 is 5.97 Å². The van der Waals surface area contributed by atoms with E-state index in [1.165, 1.54) is 6.07 Å². The second kappa shape index (κ2) is 14.2. The molecule has 0 radical (unpaired) electrons. The van der Waals surface area contributed by atoms with E-state index in [-0.39, 0.29) is 35.8 Å². The Morgan fingerprint density at radius 2 is 1.71 bits per heavy atom. The van der Waals surface area contributed by atoms with Crippen molar-refractivity contribution in [2.75, 3.05) is 18.9 Å². The van der Waals surface area contributed by atoms with E-state index in [9.17, 15) is 14.4 Å². The number of aryl methyl sites for hydroxylation is 1. The number of hydrogen-bond donors (Lipinski definition) is 2. The summed E-state index contributed by atoms with van der Waals surface area (Å²) >= 11 is 0. The Bertz CT molecular complexity index is 1440. The van der Waals surface area contributed by atoms with Crippen molar-refractivity contribution in [1.82, 2.24) is 9.88 Å². The number of benzene rings is 2. The molecule has 4 rings (SSSR count). The highest BCUT2D eigenvalue weighted by atomic mass is 19.1. The Morgan fingerprint density at radius 1 is 1.05 bits per heavy atom. The van der Waals surface area contributed by atoms with E-state index in [2.05, 4.69) is 5.32 Å². The van der Waals surface area contributed by atoms with Crippen molar-refractivity contribution < 1.29 is 27.8 Å². The van der Waals surface area contributed by atoms with Gasteiger partial charge < -0.3 is 20.5 Å². The van der Waals surface area contributed by atoms with Crippen molar-refractivity contribution in [2.45, 2.75) is 70.9 Å². The highest BCUT2D eigenvalue weighted by molar-refractivity contribution is 6.11. The van der Waals surface area contributed by atoms with Crippen LogP contribution >= 0.6 is 0 Å². The van der Waals surface area contributed by atoms with Gasteiger partial charge in [0.2, 0.25) is 0 Å². The number of pyridine rings is 1. The van der Waals surface area contributed by atoms with Crippen LogP contribution in [0.3, 0.4) is 0 Å². The van der Waals surface area contributed by atoms with Gasteiger partial charge in [0.05, 0.1) is 12.2 Å². The predicted octanol–water partition coefficient (Wildman–Crippen LogP) is 5.11. The van der Waals surface area contributed by atoms with Crippen LogP contribution in [0, 0.1) is 11.6 Å². The quantitative estimate of drug-likeness (QED) is 0.164. The lowest BCUT2D eigenvalue weighted by Gasteiger charge is -2.19. The molecule has 1 atom stereocenters. The highest BCUT2D eigenvalue weighted by Crippen LogP contribution is 2.27. The van der Waals surface area contributed by atoms with Crippen LogP contribution < -0.4 is 21.3 Å². The Labute approximate surface area is 243 Å². The van der Waals surface area contributed by atoms with Crippen molar-refractivity contribution in [2.24, 2.45) is 0 Å². The third-order valence-corrected chi connectivity index (χ3v) is 7.47. The molecule has 10 heteroatoms. The van der Waals surface area contributed by atoms with Crippen LogP contribution in [0.25, 0.3) is 5.69 Å². The molecule has 1 aromatic heterocycles. The largest absolute Gasteiger partial charge is 0.493 e. The molecule has 2 aromatic carbocycles. The van der Waals surface area contributed by atoms with Crippen LogP contribution in [0.2, 0.25) is 0 Å². The summed E-state index contributed by atoms with van der Waals surface area (Å²) in [7, 11) is 0. The van der Waals surface area contributed by atoms with Gasteiger partial charge in [-0.05, 0) is 63.1 Å². The maximum atomic E-state index is 15.2. The van der Waals surface area contributed by atoms with Gasteiger partial charge in [-0.3, -0.25) is 19.0 Å². The fourth-order valence-corrected chi connectivity index (χ4v) is 5.05. The summed E-state index contributed by atoms with van der Waals surface area (Å²) in [5.41, 5.74) is 5.97. The van der Waals surface area contributed by atoms with E-state index in [0.717, 1.165) is 55.9 Å². The van der Waals surface area contributed by atoms with Crippen LogP contribution in [0.5, 0.6) is 5.75 Å². The molecule has 3 aromatic rings. The van der Waals surface area contributed by atoms with Crippen LogP contribution in [-0.2, 0) is 16.0 Å². The lowest BCUT2D eigenvalue weighted by Crippen LogP contribution is -2.39. The first kappa shape index (κ1) is 30.9. The van der Waals surface area contributed by atoms with Crippen molar-refractivity contribution in [3.63, 3.8) is 0 Å². The normalized spacial score (nSPS) is 14.1. The minimum absolute atomic E-state index is 0.00318. The average Bonchev–Trinajstić information content (AvgIpc) is 3.49. The number of ether oxygens (including phenoxy) is 2. The summed E-state index contributed by atoms with van der Waals surface area (Å²) in [4.78, 5) is 38.1. The number of nitrogens with zero attached hydrogens (tertiary/aromatic N) is 1. The molecular weight excluding hydrogens is 544 g/mol. The van der Waals surface area contributed by atoms with Gasteiger partial charge in [0, 0.05) is 23.8 Å². The number of hydrogen-bond acceptors (Lipinski definition) is 7. The number of nitrogen functional groups attached to an aromatic ring is 1. The molecule has 8 nitrogen and oxygen atoms in total. The number of nitrogens with one attached hydrogen (secondary N) is 1. The van der Waals surface area contributed by atoms with Gasteiger partial charge in [0.1, 0.15) is 29.4 Å². The van der Waals surface area contributed by atoms with Crippen molar-refractivity contribution in [1.29, 1.82) is 0 Å². The van der Waals surface area contributed by atoms with Gasteiger partial charge in [-0.25, -0.2) is 8.78 Å². The zero-order valence-corrected chi connectivity index (χ0v) is 24.0. The molecule has 224 valence electrons. The van der Waals surface area contributed by atoms with E-state index in [0.29, 0.717) is 29.5 Å². The van der Waals surface area contributed by atoms with Crippen LogP contribution in [-0.4, -0.2) is 41.6 Å². The smallest absolute Gasteiger partial charge is 0.323 e. The van der Waals surface area contributed by atoms with E-state index in [1.54, 1.807) is 24.3 Å². The molecule has 1 saturated carbocycles. The molecular formula is C32H37F2N3O5.